The second-order valence-corrected chi connectivity index (χ2v) is 17.3. The molecule has 2 atom stereocenters. The highest BCUT2D eigenvalue weighted by Gasteiger charge is 2.54. The molecule has 0 saturated heterocycles. The van der Waals surface area contributed by atoms with Crippen molar-refractivity contribution >= 4 is 35.3 Å². The molecule has 56 heavy (non-hydrogen) atoms. The summed E-state index contributed by atoms with van der Waals surface area (Å²) in [5.74, 6) is 2.78. The molecule has 0 bridgehead atoms. The molecule has 3 aliphatic carbocycles. The summed E-state index contributed by atoms with van der Waals surface area (Å²) in [6.07, 6.45) is 13.8. The maximum Gasteiger partial charge on any atom is 0.331 e. The highest BCUT2D eigenvalue weighted by Crippen LogP contribution is 2.58. The van der Waals surface area contributed by atoms with Crippen LogP contribution in [0.5, 0.6) is 17.2 Å². The Balaban J connectivity index is 0.999. The molecule has 1 fully saturated rings. The van der Waals surface area contributed by atoms with Crippen molar-refractivity contribution in [2.45, 2.75) is 112 Å². The number of halogens is 1. The van der Waals surface area contributed by atoms with Crippen molar-refractivity contribution in [2.75, 3.05) is 32.2 Å². The molecule has 4 aliphatic rings. The number of anilines is 1. The van der Waals surface area contributed by atoms with Gasteiger partial charge in [0.15, 0.2) is 11.5 Å². The second kappa shape index (κ2) is 17.3. The lowest BCUT2D eigenvalue weighted by atomic mass is 9.60. The molecule has 2 unspecified atom stereocenters. The molecule has 1 spiro atoms. The van der Waals surface area contributed by atoms with Crippen LogP contribution in [0.1, 0.15) is 92.2 Å². The molecule has 1 aromatic heterocycles. The highest BCUT2D eigenvalue weighted by molar-refractivity contribution is 7.94. The summed E-state index contributed by atoms with van der Waals surface area (Å²) in [6, 6.07) is 22.5. The normalized spacial score (nSPS) is 23.8. The Morgan fingerprint density at radius 1 is 0.982 bits per heavy atom. The summed E-state index contributed by atoms with van der Waals surface area (Å²) < 4.78 is 31.0. The fourth-order valence-corrected chi connectivity index (χ4v) is 10.3. The Labute approximate surface area is 340 Å². The fourth-order valence-electron chi connectivity index (χ4n) is 9.58. The molecule has 1 N–H and O–H groups in total. The molecule has 0 amide bonds. The van der Waals surface area contributed by atoms with Crippen LogP contribution >= 0.6 is 23.6 Å². The SMILES string of the molecule is COC(=O)C1(Nc2cccc(Cl)c2)CCC2(CC1)c1cc3c(cc1CC2CCCOc1ccnc2c1CCCC2)OC(CCOSc1ccc(C)cc1)CCO3. The van der Waals surface area contributed by atoms with Gasteiger partial charge in [-0.25, -0.2) is 4.79 Å². The predicted molar refractivity (Wildman–Crippen MR) is 221 cm³/mol. The number of benzene rings is 3. The zero-order valence-corrected chi connectivity index (χ0v) is 34.2. The van der Waals surface area contributed by atoms with Crippen LogP contribution < -0.4 is 19.5 Å². The van der Waals surface area contributed by atoms with Crippen LogP contribution in [0.15, 0.2) is 77.8 Å². The summed E-state index contributed by atoms with van der Waals surface area (Å²) in [5, 5.41) is 4.21. The van der Waals surface area contributed by atoms with E-state index >= 15 is 0 Å². The lowest BCUT2D eigenvalue weighted by Crippen LogP contribution is -2.53. The predicted octanol–water partition coefficient (Wildman–Crippen LogP) is 10.4. The van der Waals surface area contributed by atoms with Gasteiger partial charge in [-0.05, 0) is 149 Å². The smallest absolute Gasteiger partial charge is 0.331 e. The van der Waals surface area contributed by atoms with Gasteiger partial charge in [0.2, 0.25) is 0 Å². The zero-order chi connectivity index (χ0) is 38.5. The van der Waals surface area contributed by atoms with Crippen LogP contribution in [0, 0.1) is 12.8 Å². The van der Waals surface area contributed by atoms with Crippen LogP contribution in [0.25, 0.3) is 0 Å². The average molecular weight is 797 g/mol. The maximum atomic E-state index is 13.6. The van der Waals surface area contributed by atoms with Gasteiger partial charge < -0.3 is 28.4 Å². The van der Waals surface area contributed by atoms with Crippen molar-refractivity contribution < 1.29 is 27.9 Å². The summed E-state index contributed by atoms with van der Waals surface area (Å²) in [6.45, 7) is 3.93. The first-order valence-corrected chi connectivity index (χ1v) is 21.5. The Bertz CT molecular complexity index is 2000. The van der Waals surface area contributed by atoms with E-state index in [1.165, 1.54) is 59.9 Å². The third kappa shape index (κ3) is 8.37. The number of hydrogen-bond donors (Lipinski definition) is 1. The molecule has 1 saturated carbocycles. The number of carbonyl (C=O) groups is 1. The Morgan fingerprint density at radius 2 is 1.82 bits per heavy atom. The lowest BCUT2D eigenvalue weighted by Gasteiger charge is -2.47. The minimum absolute atomic E-state index is 0.00285. The first-order valence-electron chi connectivity index (χ1n) is 20.4. The van der Waals surface area contributed by atoms with E-state index in [0.717, 1.165) is 85.6 Å². The Kier molecular flexibility index (Phi) is 12.0. The molecule has 0 radical (unpaired) electrons. The summed E-state index contributed by atoms with van der Waals surface area (Å²) in [7, 11) is 1.48. The molecule has 8 rings (SSSR count). The van der Waals surface area contributed by atoms with Gasteiger partial charge in [-0.3, -0.25) is 4.98 Å². The lowest BCUT2D eigenvalue weighted by molar-refractivity contribution is -0.148. The van der Waals surface area contributed by atoms with Gasteiger partial charge in [0.1, 0.15) is 17.4 Å². The third-order valence-corrected chi connectivity index (χ3v) is 13.6. The minimum Gasteiger partial charge on any atom is -0.493 e. The Hall–Kier alpha value is -3.92. The van der Waals surface area contributed by atoms with Gasteiger partial charge in [0, 0.05) is 57.9 Å². The standard InChI is InChI=1S/C46H53ClN2O6S/c1-31-12-14-37(15-13-31)56-54-26-18-36-17-25-53-42-30-39-32(28-43(42)55-36)27-33(7-6-24-52-41-16-23-48-40-11-4-3-10-38(40)41)45(39)19-21-46(22-20-45,44(50)51-2)49-35-9-5-8-34(47)29-35/h5,8-9,12-16,23,28-30,33,36,49H,3-4,6-7,10-11,17-22,24-27H2,1-2H3. The van der Waals surface area contributed by atoms with Crippen molar-refractivity contribution in [1.29, 1.82) is 0 Å². The van der Waals surface area contributed by atoms with Crippen molar-refractivity contribution in [2.24, 2.45) is 5.92 Å². The first kappa shape index (κ1) is 38.9. The van der Waals surface area contributed by atoms with Gasteiger partial charge in [-0.1, -0.05) is 35.4 Å². The molecular weight excluding hydrogens is 744 g/mol. The van der Waals surface area contributed by atoms with Crippen molar-refractivity contribution in [3.63, 3.8) is 0 Å². The van der Waals surface area contributed by atoms with Crippen molar-refractivity contribution in [3.05, 3.63) is 106 Å². The average Bonchev–Trinajstić information content (AvgIpc) is 3.34. The number of pyridine rings is 1. The van der Waals surface area contributed by atoms with Crippen LogP contribution in [-0.2, 0) is 38.4 Å². The van der Waals surface area contributed by atoms with Gasteiger partial charge in [0.05, 0.1) is 26.9 Å². The topological polar surface area (TPSA) is 88.1 Å². The Morgan fingerprint density at radius 3 is 2.64 bits per heavy atom. The number of nitrogens with zero attached hydrogens (tertiary/aromatic N) is 1. The molecule has 4 aromatic rings. The van der Waals surface area contributed by atoms with Crippen molar-refractivity contribution in [1.82, 2.24) is 4.98 Å². The minimum atomic E-state index is -0.847. The quantitative estimate of drug-likeness (QED) is 0.0807. The summed E-state index contributed by atoms with van der Waals surface area (Å²) >= 11 is 7.78. The van der Waals surface area contributed by atoms with Crippen LogP contribution in [0.3, 0.4) is 0 Å². The number of methoxy groups -OCH3 is 1. The van der Waals surface area contributed by atoms with Gasteiger partial charge in [-0.15, -0.1) is 0 Å². The molecule has 8 nitrogen and oxygen atoms in total. The molecule has 3 aromatic carbocycles. The van der Waals surface area contributed by atoms with E-state index in [1.807, 2.05) is 36.5 Å². The number of fused-ring (bicyclic) bond motifs is 4. The number of rotatable bonds is 13. The van der Waals surface area contributed by atoms with E-state index in [4.69, 9.17) is 34.7 Å². The molecular formula is C46H53ClN2O6S. The van der Waals surface area contributed by atoms with Gasteiger partial charge >= 0.3 is 5.97 Å². The van der Waals surface area contributed by atoms with E-state index < -0.39 is 5.54 Å². The number of nitrogens with one attached hydrogen (secondary N) is 1. The van der Waals surface area contributed by atoms with Crippen LogP contribution in [0.4, 0.5) is 5.69 Å². The number of carbonyl (C=O) groups excluding carboxylic acids is 1. The number of ether oxygens (including phenoxy) is 4. The van der Waals surface area contributed by atoms with Crippen LogP contribution in [0.2, 0.25) is 5.02 Å². The van der Waals surface area contributed by atoms with Crippen LogP contribution in [-0.4, -0.2) is 49.5 Å². The fraction of sp³-hybridized carbons (Fsp3) is 0.478. The molecule has 10 heteroatoms. The van der Waals surface area contributed by atoms with Gasteiger partial charge in [0.25, 0.3) is 0 Å². The summed E-state index contributed by atoms with van der Waals surface area (Å²) in [5.41, 5.74) is 6.24. The van der Waals surface area contributed by atoms with E-state index in [1.54, 1.807) is 0 Å². The summed E-state index contributed by atoms with van der Waals surface area (Å²) in [4.78, 5) is 19.3. The second-order valence-electron chi connectivity index (χ2n) is 16.0. The van der Waals surface area contributed by atoms with Crippen molar-refractivity contribution in [3.8, 4) is 17.2 Å². The number of hydrogen-bond acceptors (Lipinski definition) is 9. The van der Waals surface area contributed by atoms with E-state index in [-0.39, 0.29) is 17.5 Å². The highest BCUT2D eigenvalue weighted by atomic mass is 35.5. The number of aromatic nitrogens is 1. The molecule has 2 heterocycles. The number of esters is 1. The van der Waals surface area contributed by atoms with E-state index in [2.05, 4.69) is 53.6 Å². The number of aryl methyl sites for hydroxylation is 2. The largest absolute Gasteiger partial charge is 0.493 e. The first-order chi connectivity index (χ1) is 27.3. The zero-order valence-electron chi connectivity index (χ0n) is 32.6. The molecule has 296 valence electrons. The van der Waals surface area contributed by atoms with Gasteiger partial charge in [-0.2, -0.15) is 0 Å². The monoisotopic (exact) mass is 796 g/mol. The molecule has 1 aliphatic heterocycles. The maximum absolute atomic E-state index is 13.6. The van der Waals surface area contributed by atoms with E-state index in [0.29, 0.717) is 43.6 Å². The third-order valence-electron chi connectivity index (χ3n) is 12.6. The van der Waals surface area contributed by atoms with E-state index in [9.17, 15) is 4.79 Å².